The molecule has 1 aromatic carbocycles. The number of carboxylic acid groups (broad SMARTS) is 1. The number of amides is 2. The molecule has 2 amide bonds. The normalized spacial score (nSPS) is 19.0. The van der Waals surface area contributed by atoms with Gasteiger partial charge in [-0.05, 0) is 31.7 Å². The summed E-state index contributed by atoms with van der Waals surface area (Å²) in [5, 5.41) is 11.8. The Morgan fingerprint density at radius 2 is 1.77 bits per heavy atom. The summed E-state index contributed by atoms with van der Waals surface area (Å²) in [5.74, 6) is -1.87. The molecule has 7 heteroatoms. The molecule has 1 aliphatic carbocycles. The van der Waals surface area contributed by atoms with Crippen LogP contribution in [-0.4, -0.2) is 40.9 Å². The van der Waals surface area contributed by atoms with Crippen LogP contribution in [-0.2, 0) is 14.4 Å². The lowest BCUT2D eigenvalue weighted by atomic mass is 9.94. The predicted molar refractivity (Wildman–Crippen MR) is 91.6 cm³/mol. The minimum absolute atomic E-state index is 0.168. The second kappa shape index (κ2) is 7.85. The Balaban J connectivity index is 1.60. The van der Waals surface area contributed by atoms with Gasteiger partial charge in [0.05, 0.1) is 12.5 Å². The number of carbonyl (C=O) groups is 3. The summed E-state index contributed by atoms with van der Waals surface area (Å²) in [5.41, 5.74) is 0.171. The van der Waals surface area contributed by atoms with E-state index in [-0.39, 0.29) is 35.6 Å². The molecule has 0 bridgehead atoms. The van der Waals surface area contributed by atoms with E-state index < -0.39 is 17.8 Å². The predicted octanol–water partition coefficient (Wildman–Crippen LogP) is 2.11. The second-order valence-corrected chi connectivity index (χ2v) is 7.05. The quantitative estimate of drug-likeness (QED) is 0.811. The number of piperidine rings is 1. The zero-order chi connectivity index (χ0) is 18.7. The molecule has 140 valence electrons. The SMILES string of the molecule is O=C(O)C[C@H](NC(=O)C1CCN(C(=O)C2CC2)CC1)c1ccccc1F. The minimum atomic E-state index is -1.11. The van der Waals surface area contributed by atoms with E-state index in [1.165, 1.54) is 18.2 Å². The molecule has 26 heavy (non-hydrogen) atoms. The fourth-order valence-electron chi connectivity index (χ4n) is 3.41. The lowest BCUT2D eigenvalue weighted by Gasteiger charge is -2.32. The molecule has 0 radical (unpaired) electrons. The third-order valence-corrected chi connectivity index (χ3v) is 5.08. The molecular formula is C19H23FN2O4. The molecular weight excluding hydrogens is 339 g/mol. The number of hydrogen-bond acceptors (Lipinski definition) is 3. The monoisotopic (exact) mass is 362 g/mol. The number of carboxylic acids is 1. The molecule has 1 atom stereocenters. The molecule has 0 unspecified atom stereocenters. The number of hydrogen-bond donors (Lipinski definition) is 2. The van der Waals surface area contributed by atoms with Crippen molar-refractivity contribution < 1.29 is 23.9 Å². The molecule has 2 fully saturated rings. The molecule has 2 aliphatic rings. The molecule has 0 aromatic heterocycles. The molecule has 2 N–H and O–H groups in total. The number of rotatable bonds is 6. The van der Waals surface area contributed by atoms with Gasteiger partial charge in [0.1, 0.15) is 5.82 Å². The van der Waals surface area contributed by atoms with Crippen LogP contribution in [0.25, 0.3) is 0 Å². The number of halogens is 1. The first-order chi connectivity index (χ1) is 12.5. The van der Waals surface area contributed by atoms with Gasteiger partial charge >= 0.3 is 5.97 Å². The molecule has 1 saturated carbocycles. The average molecular weight is 362 g/mol. The summed E-state index contributed by atoms with van der Waals surface area (Å²) in [6.45, 7) is 1.08. The Kier molecular flexibility index (Phi) is 5.54. The van der Waals surface area contributed by atoms with Gasteiger partial charge in [0.2, 0.25) is 11.8 Å². The van der Waals surface area contributed by atoms with Gasteiger partial charge in [-0.1, -0.05) is 18.2 Å². The van der Waals surface area contributed by atoms with Crippen molar-refractivity contribution in [1.82, 2.24) is 10.2 Å². The summed E-state index contributed by atoms with van der Waals surface area (Å²) < 4.78 is 14.0. The molecule has 1 saturated heterocycles. The van der Waals surface area contributed by atoms with Gasteiger partial charge in [0, 0.05) is 30.5 Å². The standard InChI is InChI=1S/C19H23FN2O4/c20-15-4-2-1-3-14(15)16(11-17(23)24)21-18(25)12-7-9-22(10-8-12)19(26)13-5-6-13/h1-4,12-13,16H,5-11H2,(H,21,25)(H,23,24)/t16-/m0/s1. The van der Waals surface area contributed by atoms with E-state index >= 15 is 0 Å². The van der Waals surface area contributed by atoms with Crippen molar-refractivity contribution in [3.63, 3.8) is 0 Å². The van der Waals surface area contributed by atoms with Crippen LogP contribution in [0.5, 0.6) is 0 Å². The van der Waals surface area contributed by atoms with E-state index in [1.54, 1.807) is 6.07 Å². The number of benzene rings is 1. The summed E-state index contributed by atoms with van der Waals surface area (Å²) >= 11 is 0. The highest BCUT2D eigenvalue weighted by molar-refractivity contribution is 5.83. The maximum atomic E-state index is 14.0. The van der Waals surface area contributed by atoms with Crippen molar-refractivity contribution in [1.29, 1.82) is 0 Å². The first-order valence-corrected chi connectivity index (χ1v) is 9.01. The van der Waals surface area contributed by atoms with Gasteiger partial charge in [0.25, 0.3) is 0 Å². The molecule has 0 spiro atoms. The van der Waals surface area contributed by atoms with Crippen LogP contribution in [0.4, 0.5) is 4.39 Å². The summed E-state index contributed by atoms with van der Waals surface area (Å²) in [7, 11) is 0. The number of nitrogens with one attached hydrogen (secondary N) is 1. The molecule has 1 aromatic rings. The number of carbonyl (C=O) groups excluding carboxylic acids is 2. The summed E-state index contributed by atoms with van der Waals surface area (Å²) in [6.07, 6.45) is 2.62. The van der Waals surface area contributed by atoms with E-state index in [4.69, 9.17) is 5.11 Å². The maximum Gasteiger partial charge on any atom is 0.305 e. The van der Waals surface area contributed by atoms with Crippen molar-refractivity contribution in [3.8, 4) is 0 Å². The first-order valence-electron chi connectivity index (χ1n) is 9.01. The lowest BCUT2D eigenvalue weighted by molar-refractivity contribution is -0.139. The highest BCUT2D eigenvalue weighted by Crippen LogP contribution is 2.32. The van der Waals surface area contributed by atoms with Crippen LogP contribution in [0, 0.1) is 17.7 Å². The van der Waals surface area contributed by atoms with Crippen LogP contribution in [0.3, 0.4) is 0 Å². The topological polar surface area (TPSA) is 86.7 Å². The largest absolute Gasteiger partial charge is 0.481 e. The van der Waals surface area contributed by atoms with Crippen molar-refractivity contribution >= 4 is 17.8 Å². The van der Waals surface area contributed by atoms with Gasteiger partial charge in [0.15, 0.2) is 0 Å². The number of aliphatic carboxylic acids is 1. The fourth-order valence-corrected chi connectivity index (χ4v) is 3.41. The highest BCUT2D eigenvalue weighted by Gasteiger charge is 2.36. The molecule has 1 aliphatic heterocycles. The zero-order valence-corrected chi connectivity index (χ0v) is 14.5. The average Bonchev–Trinajstić information content (AvgIpc) is 3.46. The van der Waals surface area contributed by atoms with Gasteiger partial charge < -0.3 is 15.3 Å². The molecule has 6 nitrogen and oxygen atoms in total. The van der Waals surface area contributed by atoms with Crippen LogP contribution in [0.2, 0.25) is 0 Å². The number of nitrogens with zero attached hydrogens (tertiary/aromatic N) is 1. The lowest BCUT2D eigenvalue weighted by Crippen LogP contribution is -2.44. The Morgan fingerprint density at radius 3 is 2.35 bits per heavy atom. The first kappa shape index (κ1) is 18.4. The summed E-state index contributed by atoms with van der Waals surface area (Å²) in [6, 6.07) is 4.96. The zero-order valence-electron chi connectivity index (χ0n) is 14.5. The van der Waals surface area contributed by atoms with Gasteiger partial charge in [-0.25, -0.2) is 4.39 Å². The van der Waals surface area contributed by atoms with Crippen LogP contribution in [0.1, 0.15) is 43.7 Å². The Labute approximate surface area is 151 Å². The van der Waals surface area contributed by atoms with Crippen LogP contribution >= 0.6 is 0 Å². The molecule has 1 heterocycles. The Morgan fingerprint density at radius 1 is 1.12 bits per heavy atom. The van der Waals surface area contributed by atoms with Gasteiger partial charge in [-0.15, -0.1) is 0 Å². The van der Waals surface area contributed by atoms with Crippen molar-refractivity contribution in [3.05, 3.63) is 35.6 Å². The van der Waals surface area contributed by atoms with E-state index in [9.17, 15) is 18.8 Å². The molecule has 3 rings (SSSR count). The Bertz CT molecular complexity index is 697. The number of likely N-dealkylation sites (tertiary alicyclic amines) is 1. The minimum Gasteiger partial charge on any atom is -0.481 e. The summed E-state index contributed by atoms with van der Waals surface area (Å²) in [4.78, 5) is 37.6. The van der Waals surface area contributed by atoms with Crippen LogP contribution < -0.4 is 5.32 Å². The highest BCUT2D eigenvalue weighted by atomic mass is 19.1. The van der Waals surface area contributed by atoms with E-state index in [0.29, 0.717) is 25.9 Å². The van der Waals surface area contributed by atoms with E-state index in [0.717, 1.165) is 12.8 Å². The third-order valence-electron chi connectivity index (χ3n) is 5.08. The second-order valence-electron chi connectivity index (χ2n) is 7.05. The maximum absolute atomic E-state index is 14.0. The van der Waals surface area contributed by atoms with E-state index in [2.05, 4.69) is 5.32 Å². The van der Waals surface area contributed by atoms with Crippen molar-refractivity contribution in [2.75, 3.05) is 13.1 Å². The smallest absolute Gasteiger partial charge is 0.305 e. The third kappa shape index (κ3) is 4.39. The van der Waals surface area contributed by atoms with Crippen molar-refractivity contribution in [2.45, 2.75) is 38.1 Å². The van der Waals surface area contributed by atoms with Gasteiger partial charge in [-0.2, -0.15) is 0 Å². The van der Waals surface area contributed by atoms with E-state index in [1.807, 2.05) is 4.90 Å². The van der Waals surface area contributed by atoms with Crippen molar-refractivity contribution in [2.24, 2.45) is 11.8 Å². The van der Waals surface area contributed by atoms with Crippen LogP contribution in [0.15, 0.2) is 24.3 Å². The fraction of sp³-hybridized carbons (Fsp3) is 0.526. The van der Waals surface area contributed by atoms with Gasteiger partial charge in [-0.3, -0.25) is 14.4 Å². The Hall–Kier alpha value is -2.44.